The second kappa shape index (κ2) is 25.6. The topological polar surface area (TPSA) is 112 Å². The molecule has 0 radical (unpaired) electrons. The molecule has 0 saturated heterocycles. The maximum Gasteiger partial charge on any atom is 0.306 e. The van der Waals surface area contributed by atoms with Crippen molar-refractivity contribution in [3.05, 3.63) is 12.2 Å². The van der Waals surface area contributed by atoms with Crippen LogP contribution in [0.2, 0.25) is 0 Å². The number of carboxylic acids is 3. The van der Waals surface area contributed by atoms with Crippen LogP contribution in [-0.4, -0.2) is 63.9 Å². The highest BCUT2D eigenvalue weighted by Gasteiger charge is 2.31. The van der Waals surface area contributed by atoms with E-state index in [9.17, 15) is 29.7 Å². The van der Waals surface area contributed by atoms with Gasteiger partial charge in [-0.3, -0.25) is 14.4 Å². The van der Waals surface area contributed by atoms with Crippen LogP contribution in [0.15, 0.2) is 12.2 Å². The first-order chi connectivity index (χ1) is 20.0. The molecule has 0 aliphatic rings. The monoisotopic (exact) mass is 596 g/mol. The first kappa shape index (κ1) is 40.1. The predicted octanol–water partition coefficient (Wildman–Crippen LogP) is 8.95. The van der Waals surface area contributed by atoms with Crippen LogP contribution >= 0.6 is 0 Å². The number of hydrogen-bond acceptors (Lipinski definition) is 3. The molecule has 7 nitrogen and oxygen atoms in total. The first-order valence-corrected chi connectivity index (χ1v) is 17.2. The van der Waals surface area contributed by atoms with Gasteiger partial charge < -0.3 is 19.8 Å². The van der Waals surface area contributed by atoms with Gasteiger partial charge in [0.25, 0.3) is 0 Å². The van der Waals surface area contributed by atoms with Crippen molar-refractivity contribution in [2.24, 2.45) is 17.8 Å². The number of allylic oxidation sites excluding steroid dienone is 1. The van der Waals surface area contributed by atoms with Crippen LogP contribution in [0.4, 0.5) is 0 Å². The summed E-state index contributed by atoms with van der Waals surface area (Å²) in [7, 11) is 0. The number of carbonyl (C=O) groups is 3. The lowest BCUT2D eigenvalue weighted by Crippen LogP contribution is -2.52. The fourth-order valence-corrected chi connectivity index (χ4v) is 5.43. The standard InChI is InChI=1S/C35H65NO6/c1-5-6-7-8-9-10-11-12-13-14-15-16-17-18-19-20-21-22-26-36(27-23-30(2)33(37)38,28-24-31(3)34(39)40)29-25-32(4)35(41)42/h21-22,30-32H,5-20,23-29H2,1-4H3,(H2-,37,38,39,40,41,42)/p+1/b22-21+. The summed E-state index contributed by atoms with van der Waals surface area (Å²) in [5.41, 5.74) is 0. The van der Waals surface area contributed by atoms with E-state index in [2.05, 4.69) is 19.1 Å². The lowest BCUT2D eigenvalue weighted by atomic mass is 10.0. The molecule has 0 amide bonds. The average molecular weight is 597 g/mol. The van der Waals surface area contributed by atoms with E-state index in [1.54, 1.807) is 20.8 Å². The molecule has 7 heteroatoms. The van der Waals surface area contributed by atoms with Crippen molar-refractivity contribution in [3.8, 4) is 0 Å². The molecule has 0 rings (SSSR count). The Labute approximate surface area is 257 Å². The molecule has 0 aliphatic heterocycles. The third kappa shape index (κ3) is 21.8. The Morgan fingerprint density at radius 3 is 1.14 bits per heavy atom. The summed E-state index contributed by atoms with van der Waals surface area (Å²) in [4.78, 5) is 34.5. The van der Waals surface area contributed by atoms with E-state index in [-0.39, 0.29) is 0 Å². The van der Waals surface area contributed by atoms with Crippen LogP contribution in [0.1, 0.15) is 150 Å². The van der Waals surface area contributed by atoms with Crippen molar-refractivity contribution in [1.82, 2.24) is 0 Å². The second-order valence-corrected chi connectivity index (χ2v) is 13.0. The van der Waals surface area contributed by atoms with Gasteiger partial charge in [0, 0.05) is 19.3 Å². The number of unbranched alkanes of at least 4 members (excludes halogenated alkanes) is 15. The smallest absolute Gasteiger partial charge is 0.306 e. The predicted molar refractivity (Wildman–Crippen MR) is 173 cm³/mol. The number of aliphatic carboxylic acids is 3. The molecule has 42 heavy (non-hydrogen) atoms. The molecule has 0 saturated carbocycles. The Balaban J connectivity index is 4.59. The minimum atomic E-state index is -0.838. The Morgan fingerprint density at radius 2 is 0.833 bits per heavy atom. The van der Waals surface area contributed by atoms with E-state index in [1.165, 1.54) is 89.9 Å². The van der Waals surface area contributed by atoms with Crippen molar-refractivity contribution >= 4 is 17.9 Å². The largest absolute Gasteiger partial charge is 0.481 e. The van der Waals surface area contributed by atoms with Crippen molar-refractivity contribution < 1.29 is 34.2 Å². The lowest BCUT2D eigenvalue weighted by Gasteiger charge is -2.39. The molecule has 3 N–H and O–H groups in total. The van der Waals surface area contributed by atoms with Crippen LogP contribution in [0.5, 0.6) is 0 Å². The van der Waals surface area contributed by atoms with Gasteiger partial charge in [0.15, 0.2) is 0 Å². The van der Waals surface area contributed by atoms with E-state index >= 15 is 0 Å². The Hall–Kier alpha value is -1.89. The van der Waals surface area contributed by atoms with Gasteiger partial charge in [0.05, 0.1) is 43.9 Å². The van der Waals surface area contributed by atoms with Crippen LogP contribution in [0.3, 0.4) is 0 Å². The maximum absolute atomic E-state index is 11.5. The van der Waals surface area contributed by atoms with Gasteiger partial charge in [-0.25, -0.2) is 0 Å². The molecule has 3 unspecified atom stereocenters. The van der Waals surface area contributed by atoms with Crippen LogP contribution in [-0.2, 0) is 14.4 Å². The van der Waals surface area contributed by atoms with Crippen LogP contribution < -0.4 is 0 Å². The Morgan fingerprint density at radius 1 is 0.524 bits per heavy atom. The van der Waals surface area contributed by atoms with E-state index in [0.29, 0.717) is 49.9 Å². The molecule has 0 heterocycles. The third-order valence-corrected chi connectivity index (χ3v) is 9.01. The molecule has 0 fully saturated rings. The summed E-state index contributed by atoms with van der Waals surface area (Å²) in [5.74, 6) is -4.01. The molecule has 0 spiro atoms. The number of hydrogen-bond donors (Lipinski definition) is 3. The van der Waals surface area contributed by atoms with Crippen molar-refractivity contribution in [3.63, 3.8) is 0 Å². The van der Waals surface area contributed by atoms with Crippen molar-refractivity contribution in [2.75, 3.05) is 26.2 Å². The highest BCUT2D eigenvalue weighted by molar-refractivity contribution is 5.70. The van der Waals surface area contributed by atoms with Crippen molar-refractivity contribution in [2.45, 2.75) is 150 Å². The first-order valence-electron chi connectivity index (χ1n) is 17.2. The zero-order chi connectivity index (χ0) is 31.6. The number of rotatable bonds is 30. The Bertz CT molecular complexity index is 677. The summed E-state index contributed by atoms with van der Waals surface area (Å²) in [5, 5.41) is 28.3. The molecular formula is C35H66NO6+. The van der Waals surface area contributed by atoms with Crippen molar-refractivity contribution in [1.29, 1.82) is 0 Å². The van der Waals surface area contributed by atoms with E-state index in [4.69, 9.17) is 0 Å². The fourth-order valence-electron chi connectivity index (χ4n) is 5.43. The molecule has 0 aromatic rings. The fraction of sp³-hybridized carbons (Fsp3) is 0.857. The van der Waals surface area contributed by atoms with E-state index in [0.717, 1.165) is 12.8 Å². The summed E-state index contributed by atoms with van der Waals surface area (Å²) >= 11 is 0. The lowest BCUT2D eigenvalue weighted by molar-refractivity contribution is -0.924. The summed E-state index contributed by atoms with van der Waals surface area (Å²) < 4.78 is 0.530. The van der Waals surface area contributed by atoms with Crippen LogP contribution in [0, 0.1) is 17.8 Å². The van der Waals surface area contributed by atoms with Gasteiger partial charge in [-0.05, 0) is 18.9 Å². The summed E-state index contributed by atoms with van der Waals surface area (Å²) in [6.07, 6.45) is 27.0. The molecular weight excluding hydrogens is 530 g/mol. The molecule has 0 bridgehead atoms. The van der Waals surface area contributed by atoms with Gasteiger partial charge in [-0.1, -0.05) is 124 Å². The highest BCUT2D eigenvalue weighted by Crippen LogP contribution is 2.20. The quantitative estimate of drug-likeness (QED) is 0.0433. The molecule has 0 aromatic heterocycles. The van der Waals surface area contributed by atoms with E-state index in [1.807, 2.05) is 0 Å². The zero-order valence-corrected chi connectivity index (χ0v) is 27.7. The van der Waals surface area contributed by atoms with Gasteiger partial charge in [-0.2, -0.15) is 0 Å². The van der Waals surface area contributed by atoms with Gasteiger partial charge in [0.1, 0.15) is 0 Å². The molecule has 0 aliphatic carbocycles. The molecule has 246 valence electrons. The number of carboxylic acid groups (broad SMARTS) is 3. The van der Waals surface area contributed by atoms with E-state index < -0.39 is 35.7 Å². The van der Waals surface area contributed by atoms with Gasteiger partial charge in [0.2, 0.25) is 0 Å². The van der Waals surface area contributed by atoms with Crippen LogP contribution in [0.25, 0.3) is 0 Å². The maximum atomic E-state index is 11.5. The summed E-state index contributed by atoms with van der Waals surface area (Å²) in [6, 6.07) is 0. The minimum absolute atomic E-state index is 0.477. The SMILES string of the molecule is CCCCCCCCCCCCCCCCC/C=C/C[N+](CCC(C)C(=O)O)(CCC(C)C(=O)O)CCC(C)C(=O)O. The average Bonchev–Trinajstić information content (AvgIpc) is 2.96. The molecule has 3 atom stereocenters. The van der Waals surface area contributed by atoms with Gasteiger partial charge in [-0.15, -0.1) is 0 Å². The summed E-state index contributed by atoms with van der Waals surface area (Å²) in [6.45, 7) is 9.81. The highest BCUT2D eigenvalue weighted by atomic mass is 16.4. The second-order valence-electron chi connectivity index (χ2n) is 13.0. The van der Waals surface area contributed by atoms with Gasteiger partial charge >= 0.3 is 17.9 Å². The molecule has 0 aromatic carbocycles. The minimum Gasteiger partial charge on any atom is -0.481 e. The third-order valence-electron chi connectivity index (χ3n) is 9.01. The Kier molecular flexibility index (Phi) is 24.4. The normalized spacial score (nSPS) is 15.3. The zero-order valence-electron chi connectivity index (χ0n) is 27.7. The number of nitrogens with zero attached hydrogens (tertiary/aromatic N) is 1. The number of quaternary nitrogens is 1.